The third-order valence-corrected chi connectivity index (χ3v) is 4.49. The molecule has 27 heavy (non-hydrogen) atoms. The Morgan fingerprint density at radius 3 is 2.63 bits per heavy atom. The summed E-state index contributed by atoms with van der Waals surface area (Å²) in [7, 11) is 1.56. The van der Waals surface area contributed by atoms with Gasteiger partial charge < -0.3 is 10.1 Å². The Morgan fingerprint density at radius 1 is 1.19 bits per heavy atom. The molecule has 140 valence electrons. The summed E-state index contributed by atoms with van der Waals surface area (Å²) in [5, 5.41) is 8.01. The Morgan fingerprint density at radius 2 is 1.96 bits per heavy atom. The second-order valence-corrected chi connectivity index (χ2v) is 6.82. The maximum absolute atomic E-state index is 12.6. The molecule has 0 radical (unpaired) electrons. The number of rotatable bonds is 5. The van der Waals surface area contributed by atoms with E-state index in [9.17, 15) is 4.79 Å². The lowest BCUT2D eigenvalue weighted by Crippen LogP contribution is -2.25. The van der Waals surface area contributed by atoms with Crippen LogP contribution in [0.5, 0.6) is 5.75 Å². The van der Waals surface area contributed by atoms with Crippen LogP contribution in [-0.4, -0.2) is 27.8 Å². The molecule has 1 N–H and O–H groups in total. The van der Waals surface area contributed by atoms with Crippen LogP contribution < -0.4 is 10.1 Å². The average molecular weight is 405 g/mol. The van der Waals surface area contributed by atoms with E-state index in [1.54, 1.807) is 42.1 Å². The number of ether oxygens (including phenoxy) is 1. The second-order valence-electron chi connectivity index (χ2n) is 5.98. The highest BCUT2D eigenvalue weighted by Crippen LogP contribution is 2.23. The van der Waals surface area contributed by atoms with Gasteiger partial charge in [-0.05, 0) is 50.2 Å². The lowest BCUT2D eigenvalue weighted by Gasteiger charge is -2.11. The Balaban J connectivity index is 1.84. The highest BCUT2D eigenvalue weighted by Gasteiger charge is 2.16. The summed E-state index contributed by atoms with van der Waals surface area (Å²) >= 11 is 12.2. The summed E-state index contributed by atoms with van der Waals surface area (Å²) < 4.78 is 6.96. The van der Waals surface area contributed by atoms with Crippen molar-refractivity contribution in [2.45, 2.75) is 20.4 Å². The number of carbonyl (C=O) groups excluding carboxylic acids is 1. The Bertz CT molecular complexity index is 1000. The van der Waals surface area contributed by atoms with E-state index < -0.39 is 5.91 Å². The van der Waals surface area contributed by atoms with Gasteiger partial charge in [-0.2, -0.15) is 5.10 Å². The summed E-state index contributed by atoms with van der Waals surface area (Å²) in [5.41, 5.74) is 2.66. The van der Waals surface area contributed by atoms with Gasteiger partial charge >= 0.3 is 0 Å². The number of aromatic nitrogens is 3. The number of aryl methyl sites for hydroxylation is 2. The molecule has 1 aromatic carbocycles. The van der Waals surface area contributed by atoms with Gasteiger partial charge in [-0.25, -0.2) is 9.67 Å². The zero-order valence-electron chi connectivity index (χ0n) is 15.1. The molecule has 3 aromatic rings. The number of nitrogens with zero attached hydrogens (tertiary/aromatic N) is 3. The number of methoxy groups -OCH3 is 1. The molecule has 0 spiro atoms. The van der Waals surface area contributed by atoms with Crippen LogP contribution in [-0.2, 0) is 6.54 Å². The average Bonchev–Trinajstić information content (AvgIpc) is 2.98. The van der Waals surface area contributed by atoms with Crippen molar-refractivity contribution in [2.24, 2.45) is 0 Å². The Kier molecular flexibility index (Phi) is 5.68. The SMILES string of the molecule is COc1ccc(Cl)cc1CNC(=O)c1nc(-n2nc(C)cc2C)ccc1Cl. The van der Waals surface area contributed by atoms with E-state index in [4.69, 9.17) is 27.9 Å². The highest BCUT2D eigenvalue weighted by atomic mass is 35.5. The van der Waals surface area contributed by atoms with E-state index in [1.165, 1.54) is 0 Å². The number of hydrogen-bond acceptors (Lipinski definition) is 4. The van der Waals surface area contributed by atoms with Crippen LogP contribution in [0.3, 0.4) is 0 Å². The molecule has 0 aliphatic carbocycles. The van der Waals surface area contributed by atoms with Crippen LogP contribution in [0.15, 0.2) is 36.4 Å². The number of pyridine rings is 1. The molecule has 0 fully saturated rings. The summed E-state index contributed by atoms with van der Waals surface area (Å²) in [4.78, 5) is 17.0. The number of nitrogens with one attached hydrogen (secondary N) is 1. The van der Waals surface area contributed by atoms with Crippen molar-refractivity contribution < 1.29 is 9.53 Å². The number of halogens is 2. The quantitative estimate of drug-likeness (QED) is 0.693. The van der Waals surface area contributed by atoms with Gasteiger partial charge in [0, 0.05) is 22.8 Å². The van der Waals surface area contributed by atoms with E-state index in [0.29, 0.717) is 16.6 Å². The fraction of sp³-hybridized carbons (Fsp3) is 0.211. The predicted octanol–water partition coefficient (Wildman–Crippen LogP) is 4.13. The van der Waals surface area contributed by atoms with E-state index in [0.717, 1.165) is 17.0 Å². The van der Waals surface area contributed by atoms with E-state index in [1.807, 2.05) is 19.9 Å². The number of amides is 1. The minimum atomic E-state index is -0.398. The molecule has 6 nitrogen and oxygen atoms in total. The van der Waals surface area contributed by atoms with Crippen LogP contribution in [0.1, 0.15) is 27.4 Å². The van der Waals surface area contributed by atoms with E-state index in [2.05, 4.69) is 15.4 Å². The molecule has 0 bridgehead atoms. The first-order valence-corrected chi connectivity index (χ1v) is 8.95. The summed E-state index contributed by atoms with van der Waals surface area (Å²) in [6, 6.07) is 10.5. The fourth-order valence-corrected chi connectivity index (χ4v) is 3.10. The Hall–Kier alpha value is -2.57. The zero-order chi connectivity index (χ0) is 19.6. The van der Waals surface area contributed by atoms with Crippen molar-refractivity contribution in [3.8, 4) is 11.6 Å². The van der Waals surface area contributed by atoms with Gasteiger partial charge in [-0.15, -0.1) is 0 Å². The molecule has 0 saturated carbocycles. The number of carbonyl (C=O) groups is 1. The molecule has 0 unspecified atom stereocenters. The van der Waals surface area contributed by atoms with Crippen molar-refractivity contribution in [3.05, 3.63) is 69.1 Å². The maximum atomic E-state index is 12.6. The molecule has 3 rings (SSSR count). The maximum Gasteiger partial charge on any atom is 0.271 e. The van der Waals surface area contributed by atoms with Crippen molar-refractivity contribution in [1.82, 2.24) is 20.1 Å². The van der Waals surface area contributed by atoms with Crippen LogP contribution in [0.4, 0.5) is 0 Å². The van der Waals surface area contributed by atoms with E-state index >= 15 is 0 Å². The number of benzene rings is 1. The Labute approximate surface area is 167 Å². The van der Waals surface area contributed by atoms with Gasteiger partial charge in [-0.3, -0.25) is 4.79 Å². The second kappa shape index (κ2) is 7.98. The number of hydrogen-bond donors (Lipinski definition) is 1. The van der Waals surface area contributed by atoms with Crippen molar-refractivity contribution in [3.63, 3.8) is 0 Å². The third-order valence-electron chi connectivity index (χ3n) is 3.95. The predicted molar refractivity (Wildman–Crippen MR) is 105 cm³/mol. The largest absolute Gasteiger partial charge is 0.496 e. The van der Waals surface area contributed by atoms with Crippen molar-refractivity contribution in [2.75, 3.05) is 7.11 Å². The van der Waals surface area contributed by atoms with Gasteiger partial charge in [0.25, 0.3) is 5.91 Å². The van der Waals surface area contributed by atoms with Crippen LogP contribution in [0.25, 0.3) is 5.82 Å². The topological polar surface area (TPSA) is 69.0 Å². The third kappa shape index (κ3) is 4.23. The van der Waals surface area contributed by atoms with Gasteiger partial charge in [0.2, 0.25) is 0 Å². The highest BCUT2D eigenvalue weighted by molar-refractivity contribution is 6.33. The first kappa shape index (κ1) is 19.2. The fourth-order valence-electron chi connectivity index (χ4n) is 2.71. The van der Waals surface area contributed by atoms with Crippen molar-refractivity contribution >= 4 is 29.1 Å². The molecular formula is C19H18Cl2N4O2. The smallest absolute Gasteiger partial charge is 0.271 e. The molecule has 0 saturated heterocycles. The van der Waals surface area contributed by atoms with Gasteiger partial charge in [0.15, 0.2) is 5.82 Å². The standard InChI is InChI=1S/C19H18Cl2N4O2/c1-11-8-12(2)25(24-11)17-7-5-15(21)18(23-17)19(26)22-10-13-9-14(20)4-6-16(13)27-3/h4-9H,10H2,1-3H3,(H,22,26). The molecule has 1 amide bonds. The molecular weight excluding hydrogens is 387 g/mol. The van der Waals surface area contributed by atoms with Crippen LogP contribution >= 0.6 is 23.2 Å². The molecule has 0 aliphatic heterocycles. The van der Waals surface area contributed by atoms with E-state index in [-0.39, 0.29) is 17.3 Å². The van der Waals surface area contributed by atoms with Gasteiger partial charge in [-0.1, -0.05) is 23.2 Å². The minimum Gasteiger partial charge on any atom is -0.496 e. The van der Waals surface area contributed by atoms with Crippen LogP contribution in [0, 0.1) is 13.8 Å². The summed E-state index contributed by atoms with van der Waals surface area (Å²) in [5.74, 6) is 0.760. The molecule has 0 atom stereocenters. The van der Waals surface area contributed by atoms with Crippen LogP contribution in [0.2, 0.25) is 10.0 Å². The van der Waals surface area contributed by atoms with Gasteiger partial charge in [0.1, 0.15) is 11.4 Å². The monoisotopic (exact) mass is 404 g/mol. The molecule has 2 aromatic heterocycles. The normalized spacial score (nSPS) is 10.7. The first-order valence-electron chi connectivity index (χ1n) is 8.20. The summed E-state index contributed by atoms with van der Waals surface area (Å²) in [6.45, 7) is 4.04. The zero-order valence-corrected chi connectivity index (χ0v) is 16.6. The first-order chi connectivity index (χ1) is 12.9. The molecule has 8 heteroatoms. The lowest BCUT2D eigenvalue weighted by molar-refractivity contribution is 0.0946. The molecule has 2 heterocycles. The lowest BCUT2D eigenvalue weighted by atomic mass is 10.2. The molecule has 0 aliphatic rings. The van der Waals surface area contributed by atoms with Crippen molar-refractivity contribution in [1.29, 1.82) is 0 Å². The summed E-state index contributed by atoms with van der Waals surface area (Å²) in [6.07, 6.45) is 0. The van der Waals surface area contributed by atoms with Gasteiger partial charge in [0.05, 0.1) is 17.8 Å². The minimum absolute atomic E-state index is 0.128.